The normalized spacial score (nSPS) is 22.2. The smallest absolute Gasteiger partial charge is 0.270 e. The predicted octanol–water partition coefficient (Wildman–Crippen LogP) is 2.06. The van der Waals surface area contributed by atoms with E-state index in [0.29, 0.717) is 32.1 Å². The lowest BCUT2D eigenvalue weighted by atomic mass is 10.0. The van der Waals surface area contributed by atoms with Crippen molar-refractivity contribution in [1.82, 2.24) is 9.97 Å². The highest BCUT2D eigenvalue weighted by atomic mass is 19.3. The Morgan fingerprint density at radius 3 is 2.67 bits per heavy atom. The predicted molar refractivity (Wildman–Crippen MR) is 98.7 cm³/mol. The zero-order valence-corrected chi connectivity index (χ0v) is 14.9. The van der Waals surface area contributed by atoms with Crippen LogP contribution in [0.3, 0.4) is 0 Å². The van der Waals surface area contributed by atoms with Crippen LogP contribution < -0.4 is 15.4 Å². The molecule has 1 atom stereocenters. The molecule has 144 valence electrons. The monoisotopic (exact) mass is 376 g/mol. The van der Waals surface area contributed by atoms with Crippen LogP contribution in [0.25, 0.3) is 0 Å². The second kappa shape index (κ2) is 7.26. The molecule has 2 saturated heterocycles. The van der Waals surface area contributed by atoms with Gasteiger partial charge in [-0.15, -0.1) is 0 Å². The minimum absolute atomic E-state index is 0.153. The van der Waals surface area contributed by atoms with Gasteiger partial charge in [-0.3, -0.25) is 9.78 Å². The average molecular weight is 376 g/mol. The van der Waals surface area contributed by atoms with Gasteiger partial charge in [-0.25, -0.2) is 8.78 Å². The number of anilines is 2. The van der Waals surface area contributed by atoms with E-state index in [-0.39, 0.29) is 30.9 Å². The summed E-state index contributed by atoms with van der Waals surface area (Å²) in [6, 6.07) is 9.59. The average Bonchev–Trinajstić information content (AvgIpc) is 2.97. The Kier molecular flexibility index (Phi) is 4.82. The lowest BCUT2D eigenvalue weighted by Crippen LogP contribution is -2.43. The summed E-state index contributed by atoms with van der Waals surface area (Å²) in [6.07, 6.45) is -0.0602. The van der Waals surface area contributed by atoms with Crippen LogP contribution in [-0.2, 0) is 11.2 Å². The van der Waals surface area contributed by atoms with Gasteiger partial charge in [-0.2, -0.15) is 4.98 Å². The lowest BCUT2D eigenvalue weighted by Gasteiger charge is -2.31. The fourth-order valence-electron chi connectivity index (χ4n) is 3.69. The summed E-state index contributed by atoms with van der Waals surface area (Å²) in [6.45, 7) is 2.52. The minimum Gasteiger partial charge on any atom is -0.378 e. The maximum Gasteiger partial charge on any atom is 0.270 e. The maximum atomic E-state index is 14.6. The molecule has 1 aromatic carbocycles. The molecule has 0 radical (unpaired) electrons. The first-order valence-corrected chi connectivity index (χ1v) is 9.15. The van der Waals surface area contributed by atoms with Gasteiger partial charge in [0.15, 0.2) is 0 Å². The number of aromatic nitrogens is 2. The van der Waals surface area contributed by atoms with Crippen LogP contribution in [0.4, 0.5) is 20.5 Å². The number of alkyl halides is 2. The van der Waals surface area contributed by atoms with Crippen molar-refractivity contribution in [3.8, 4) is 0 Å². The van der Waals surface area contributed by atoms with Crippen LogP contribution in [0.15, 0.2) is 41.2 Å². The van der Waals surface area contributed by atoms with Gasteiger partial charge in [0.1, 0.15) is 5.82 Å². The number of hydrogen-bond donors (Lipinski definition) is 1. The Morgan fingerprint density at radius 2 is 1.93 bits per heavy atom. The molecule has 1 aromatic heterocycles. The number of aromatic amines is 1. The Morgan fingerprint density at radius 1 is 1.19 bits per heavy atom. The van der Waals surface area contributed by atoms with Crippen LogP contribution >= 0.6 is 0 Å². The van der Waals surface area contributed by atoms with Gasteiger partial charge in [0.05, 0.1) is 19.3 Å². The van der Waals surface area contributed by atoms with Crippen molar-refractivity contribution in [3.63, 3.8) is 0 Å². The third kappa shape index (κ3) is 3.80. The molecule has 0 bridgehead atoms. The molecule has 3 heterocycles. The van der Waals surface area contributed by atoms with E-state index in [2.05, 4.69) is 9.97 Å². The topological polar surface area (TPSA) is 61.5 Å². The number of rotatable bonds is 4. The second-order valence-electron chi connectivity index (χ2n) is 6.94. The molecule has 2 aliphatic rings. The van der Waals surface area contributed by atoms with E-state index < -0.39 is 12.0 Å². The van der Waals surface area contributed by atoms with Gasteiger partial charge in [-0.1, -0.05) is 30.3 Å². The molecule has 2 fully saturated rings. The molecule has 0 spiro atoms. The van der Waals surface area contributed by atoms with E-state index in [9.17, 15) is 13.6 Å². The van der Waals surface area contributed by atoms with E-state index in [1.807, 2.05) is 35.2 Å². The van der Waals surface area contributed by atoms with E-state index in [1.165, 1.54) is 6.07 Å². The van der Waals surface area contributed by atoms with Crippen molar-refractivity contribution in [3.05, 3.63) is 52.3 Å². The number of benzene rings is 1. The summed E-state index contributed by atoms with van der Waals surface area (Å²) in [5.41, 5.74) is 0.496. The fourth-order valence-corrected chi connectivity index (χ4v) is 3.69. The van der Waals surface area contributed by atoms with Gasteiger partial charge in [0.2, 0.25) is 5.95 Å². The van der Waals surface area contributed by atoms with Gasteiger partial charge < -0.3 is 14.5 Å². The molecule has 6 nitrogen and oxygen atoms in total. The highest BCUT2D eigenvalue weighted by Gasteiger charge is 2.49. The molecule has 0 saturated carbocycles. The molecule has 0 amide bonds. The van der Waals surface area contributed by atoms with Gasteiger partial charge in [0.25, 0.3) is 11.5 Å². The summed E-state index contributed by atoms with van der Waals surface area (Å²) in [5, 5.41) is 0. The van der Waals surface area contributed by atoms with Crippen LogP contribution in [0.5, 0.6) is 0 Å². The van der Waals surface area contributed by atoms with Crippen molar-refractivity contribution >= 4 is 11.8 Å². The number of morpholine rings is 1. The van der Waals surface area contributed by atoms with Crippen molar-refractivity contribution in [2.45, 2.75) is 24.8 Å². The first-order chi connectivity index (χ1) is 13.0. The van der Waals surface area contributed by atoms with Crippen molar-refractivity contribution < 1.29 is 13.5 Å². The Bertz CT molecular complexity index is 837. The highest BCUT2D eigenvalue weighted by Crippen LogP contribution is 2.37. The van der Waals surface area contributed by atoms with Crippen LogP contribution in [0.2, 0.25) is 0 Å². The van der Waals surface area contributed by atoms with Gasteiger partial charge in [-0.05, 0) is 12.0 Å². The standard InChI is InChI=1S/C19H22F2N4O2/c20-19(21)6-7-25(15(19)12-14-4-2-1-3-5-14)18-22-16(13-17(26)23-18)24-8-10-27-11-9-24/h1-5,13,15H,6-12H2,(H,22,23,26)/t15-/m0/s1. The Balaban J connectivity index is 1.64. The Labute approximate surface area is 155 Å². The van der Waals surface area contributed by atoms with E-state index >= 15 is 0 Å². The highest BCUT2D eigenvalue weighted by molar-refractivity contribution is 5.46. The molecule has 4 rings (SSSR count). The summed E-state index contributed by atoms with van der Waals surface area (Å²) in [4.78, 5) is 22.8. The number of nitrogens with zero attached hydrogens (tertiary/aromatic N) is 3. The van der Waals surface area contributed by atoms with E-state index in [1.54, 1.807) is 4.90 Å². The molecule has 2 aliphatic heterocycles. The summed E-state index contributed by atoms with van der Waals surface area (Å²) in [7, 11) is 0. The first-order valence-electron chi connectivity index (χ1n) is 9.15. The largest absolute Gasteiger partial charge is 0.378 e. The SMILES string of the molecule is O=c1cc(N2CCOCC2)nc(N2CCC(F)(F)[C@@H]2Cc2ccccc2)[nH]1. The van der Waals surface area contributed by atoms with E-state index in [4.69, 9.17) is 4.74 Å². The zero-order valence-electron chi connectivity index (χ0n) is 14.9. The summed E-state index contributed by atoms with van der Waals surface area (Å²) < 4.78 is 34.5. The minimum atomic E-state index is -2.84. The quantitative estimate of drug-likeness (QED) is 0.885. The Hall–Kier alpha value is -2.48. The summed E-state index contributed by atoms with van der Waals surface area (Å²) in [5.74, 6) is -2.13. The molecule has 2 aromatic rings. The molecule has 0 unspecified atom stereocenters. The van der Waals surface area contributed by atoms with Crippen molar-refractivity contribution in [1.29, 1.82) is 0 Å². The van der Waals surface area contributed by atoms with Gasteiger partial charge >= 0.3 is 0 Å². The van der Waals surface area contributed by atoms with Crippen LogP contribution in [0.1, 0.15) is 12.0 Å². The molecule has 8 heteroatoms. The number of halogens is 2. The van der Waals surface area contributed by atoms with Crippen LogP contribution in [-0.4, -0.2) is 54.8 Å². The first kappa shape index (κ1) is 17.9. The third-order valence-electron chi connectivity index (χ3n) is 5.14. The molecule has 27 heavy (non-hydrogen) atoms. The number of nitrogens with one attached hydrogen (secondary N) is 1. The zero-order chi connectivity index (χ0) is 18.9. The molecule has 0 aliphatic carbocycles. The third-order valence-corrected chi connectivity index (χ3v) is 5.14. The number of H-pyrrole nitrogens is 1. The van der Waals surface area contributed by atoms with E-state index in [0.717, 1.165) is 5.56 Å². The molecular weight excluding hydrogens is 354 g/mol. The lowest BCUT2D eigenvalue weighted by molar-refractivity contribution is -0.00690. The number of ether oxygens (including phenoxy) is 1. The van der Waals surface area contributed by atoms with Gasteiger partial charge in [0, 0.05) is 32.1 Å². The second-order valence-corrected chi connectivity index (χ2v) is 6.94. The van der Waals surface area contributed by atoms with Crippen LogP contribution in [0, 0.1) is 0 Å². The number of hydrogen-bond acceptors (Lipinski definition) is 5. The molecular formula is C19H22F2N4O2. The van der Waals surface area contributed by atoms with Crippen molar-refractivity contribution in [2.24, 2.45) is 0 Å². The fraction of sp³-hybridized carbons (Fsp3) is 0.474. The van der Waals surface area contributed by atoms with Crippen molar-refractivity contribution in [2.75, 3.05) is 42.6 Å². The molecule has 1 N–H and O–H groups in total. The maximum absolute atomic E-state index is 14.6. The summed E-state index contributed by atoms with van der Waals surface area (Å²) >= 11 is 0.